The van der Waals surface area contributed by atoms with Crippen LogP contribution in [-0.2, 0) is 11.0 Å². The quantitative estimate of drug-likeness (QED) is 0.919. The van der Waals surface area contributed by atoms with Gasteiger partial charge in [-0.2, -0.15) is 13.2 Å². The Morgan fingerprint density at radius 2 is 1.77 bits per heavy atom. The van der Waals surface area contributed by atoms with Crippen LogP contribution < -0.4 is 0 Å². The van der Waals surface area contributed by atoms with Crippen LogP contribution in [0.15, 0.2) is 29.8 Å². The summed E-state index contributed by atoms with van der Waals surface area (Å²) in [4.78, 5) is 5.77. The van der Waals surface area contributed by atoms with Gasteiger partial charge in [-0.05, 0) is 25.0 Å². The number of hydrogen-bond donors (Lipinski definition) is 1. The third-order valence-corrected chi connectivity index (χ3v) is 3.96. The zero-order valence-electron chi connectivity index (χ0n) is 12.8. The maximum Gasteiger partial charge on any atom is 0.416 e. The molecule has 0 radical (unpaired) electrons. The molecule has 0 bridgehead atoms. The summed E-state index contributed by atoms with van der Waals surface area (Å²) in [6.45, 7) is 6.39. The van der Waals surface area contributed by atoms with Crippen LogP contribution in [0.4, 0.5) is 13.2 Å². The summed E-state index contributed by atoms with van der Waals surface area (Å²) in [5.74, 6) is 0.802. The van der Waals surface area contributed by atoms with Crippen molar-refractivity contribution in [3.8, 4) is 0 Å². The normalized spacial score (nSPS) is 18.0. The molecule has 122 valence electrons. The summed E-state index contributed by atoms with van der Waals surface area (Å²) in [6.07, 6.45) is -4.36. The van der Waals surface area contributed by atoms with E-state index in [2.05, 4.69) is 13.8 Å². The first-order chi connectivity index (χ1) is 10.2. The molecule has 1 atom stereocenters. The van der Waals surface area contributed by atoms with Gasteiger partial charge in [0.25, 0.3) is 0 Å². The van der Waals surface area contributed by atoms with E-state index in [1.807, 2.05) is 6.92 Å². The van der Waals surface area contributed by atoms with Crippen LogP contribution >= 0.6 is 0 Å². The molecule has 1 aromatic rings. The molecule has 3 nitrogen and oxygen atoms in total. The highest BCUT2D eigenvalue weighted by Crippen LogP contribution is 2.34. The number of halogens is 3. The van der Waals surface area contributed by atoms with E-state index in [9.17, 15) is 18.3 Å². The molecule has 0 spiro atoms. The van der Waals surface area contributed by atoms with E-state index >= 15 is 0 Å². The third-order valence-electron chi connectivity index (χ3n) is 3.96. The fourth-order valence-electron chi connectivity index (χ4n) is 2.22. The van der Waals surface area contributed by atoms with Crippen molar-refractivity contribution in [3.05, 3.63) is 41.0 Å². The van der Waals surface area contributed by atoms with Crippen molar-refractivity contribution in [2.45, 2.75) is 33.0 Å². The molecule has 1 N–H and O–H groups in total. The maximum absolute atomic E-state index is 12.6. The van der Waals surface area contributed by atoms with Crippen molar-refractivity contribution in [3.63, 3.8) is 0 Å². The summed E-state index contributed by atoms with van der Waals surface area (Å²) in [5.41, 5.74) is 0.510. The van der Waals surface area contributed by atoms with Gasteiger partial charge in [-0.3, -0.25) is 0 Å². The number of hydrogen-bond acceptors (Lipinski definition) is 3. The highest BCUT2D eigenvalue weighted by Gasteiger charge is 2.32. The molecule has 6 heteroatoms. The first kappa shape index (κ1) is 16.8. The molecule has 1 heterocycles. The molecule has 1 aromatic carbocycles. The number of aliphatic hydroxyl groups is 1. The van der Waals surface area contributed by atoms with Crippen LogP contribution in [0.3, 0.4) is 0 Å². The lowest BCUT2D eigenvalue weighted by Crippen LogP contribution is -2.34. The lowest BCUT2D eigenvalue weighted by Gasteiger charge is -2.26. The van der Waals surface area contributed by atoms with Crippen molar-refractivity contribution in [1.82, 2.24) is 5.06 Å². The van der Waals surface area contributed by atoms with Gasteiger partial charge < -0.3 is 9.94 Å². The Labute approximate surface area is 128 Å². The van der Waals surface area contributed by atoms with Crippen molar-refractivity contribution >= 4 is 5.76 Å². The summed E-state index contributed by atoms with van der Waals surface area (Å²) in [5, 5.41) is 11.2. The van der Waals surface area contributed by atoms with Gasteiger partial charge in [0, 0.05) is 17.2 Å². The average molecular weight is 315 g/mol. The van der Waals surface area contributed by atoms with E-state index in [1.54, 1.807) is 5.06 Å². The Balaban J connectivity index is 2.23. The molecule has 0 amide bonds. The number of rotatable bonds is 4. The number of alkyl halides is 3. The van der Waals surface area contributed by atoms with Crippen molar-refractivity contribution in [2.75, 3.05) is 13.2 Å². The SMILES string of the molecule is CC(C)[C@H](C)N1CC(CO)=C(c2ccc(C(F)(F)F)cc2)O1. The molecule has 2 rings (SSSR count). The standard InChI is InChI=1S/C16H20F3NO2/c1-10(2)11(3)20-8-13(9-21)15(22-20)12-4-6-14(7-5-12)16(17,18)19/h4-7,10-11,21H,8-9H2,1-3H3/t11-/m0/s1. The second-order valence-corrected chi connectivity index (χ2v) is 5.82. The summed E-state index contributed by atoms with van der Waals surface area (Å²) in [7, 11) is 0. The molecule has 0 saturated carbocycles. The predicted molar refractivity (Wildman–Crippen MR) is 77.5 cm³/mol. The van der Waals surface area contributed by atoms with Crippen molar-refractivity contribution in [2.24, 2.45) is 5.92 Å². The minimum absolute atomic E-state index is 0.133. The lowest BCUT2D eigenvalue weighted by atomic mass is 10.1. The molecule has 0 saturated heterocycles. The molecule has 0 aliphatic carbocycles. The fraction of sp³-hybridized carbons (Fsp3) is 0.500. The van der Waals surface area contributed by atoms with Crippen molar-refractivity contribution in [1.29, 1.82) is 0 Å². The molecular formula is C16H20F3NO2. The molecule has 1 aliphatic heterocycles. The Bertz CT molecular complexity index is 550. The molecule has 0 fully saturated rings. The molecule has 1 aliphatic rings. The van der Waals surface area contributed by atoms with Gasteiger partial charge in [-0.1, -0.05) is 26.0 Å². The van der Waals surface area contributed by atoms with Gasteiger partial charge in [-0.15, -0.1) is 5.06 Å². The molecular weight excluding hydrogens is 295 g/mol. The predicted octanol–water partition coefficient (Wildman–Crippen LogP) is 3.70. The van der Waals surface area contributed by atoms with Gasteiger partial charge in [0.15, 0.2) is 5.76 Å². The van der Waals surface area contributed by atoms with Crippen LogP contribution in [0.2, 0.25) is 0 Å². The van der Waals surface area contributed by atoms with Gasteiger partial charge in [-0.25, -0.2) is 0 Å². The van der Waals surface area contributed by atoms with Crippen LogP contribution in [0.25, 0.3) is 5.76 Å². The number of aliphatic hydroxyl groups excluding tert-OH is 1. The Hall–Kier alpha value is -1.53. The minimum Gasteiger partial charge on any atom is -0.405 e. The smallest absolute Gasteiger partial charge is 0.405 e. The first-order valence-electron chi connectivity index (χ1n) is 7.19. The van der Waals surface area contributed by atoms with E-state index in [0.29, 0.717) is 29.4 Å². The molecule has 22 heavy (non-hydrogen) atoms. The largest absolute Gasteiger partial charge is 0.416 e. The van der Waals surface area contributed by atoms with E-state index in [-0.39, 0.29) is 12.6 Å². The minimum atomic E-state index is -4.36. The van der Waals surface area contributed by atoms with Crippen molar-refractivity contribution < 1.29 is 23.1 Å². The van der Waals surface area contributed by atoms with Gasteiger partial charge >= 0.3 is 6.18 Å². The summed E-state index contributed by atoms with van der Waals surface area (Å²) >= 11 is 0. The Morgan fingerprint density at radius 1 is 1.18 bits per heavy atom. The lowest BCUT2D eigenvalue weighted by molar-refractivity contribution is -0.137. The first-order valence-corrected chi connectivity index (χ1v) is 7.19. The summed E-state index contributed by atoms with van der Waals surface area (Å²) in [6, 6.07) is 4.92. The molecule has 0 aromatic heterocycles. The Morgan fingerprint density at radius 3 is 2.23 bits per heavy atom. The average Bonchev–Trinajstić information content (AvgIpc) is 2.89. The molecule has 0 unspecified atom stereocenters. The second-order valence-electron chi connectivity index (χ2n) is 5.82. The Kier molecular flexibility index (Phi) is 4.82. The highest BCUT2D eigenvalue weighted by atomic mass is 19.4. The highest BCUT2D eigenvalue weighted by molar-refractivity contribution is 5.65. The monoisotopic (exact) mass is 315 g/mol. The van der Waals surface area contributed by atoms with E-state index in [1.165, 1.54) is 12.1 Å². The van der Waals surface area contributed by atoms with Crippen LogP contribution in [-0.4, -0.2) is 29.4 Å². The van der Waals surface area contributed by atoms with E-state index in [0.717, 1.165) is 12.1 Å². The number of hydroxylamine groups is 2. The van der Waals surface area contributed by atoms with Gasteiger partial charge in [0.05, 0.1) is 18.7 Å². The van der Waals surface area contributed by atoms with Crippen LogP contribution in [0.1, 0.15) is 31.9 Å². The third kappa shape index (κ3) is 3.44. The summed E-state index contributed by atoms with van der Waals surface area (Å²) < 4.78 is 37.8. The fourth-order valence-corrected chi connectivity index (χ4v) is 2.22. The van der Waals surface area contributed by atoms with Gasteiger partial charge in [0.1, 0.15) is 0 Å². The van der Waals surface area contributed by atoms with Gasteiger partial charge in [0.2, 0.25) is 0 Å². The van der Waals surface area contributed by atoms with Crippen LogP contribution in [0, 0.1) is 5.92 Å². The maximum atomic E-state index is 12.6. The van der Waals surface area contributed by atoms with E-state index < -0.39 is 11.7 Å². The zero-order valence-corrected chi connectivity index (χ0v) is 12.8. The zero-order chi connectivity index (χ0) is 16.5. The second kappa shape index (κ2) is 6.30. The number of nitrogens with zero attached hydrogens (tertiary/aromatic N) is 1. The topological polar surface area (TPSA) is 32.7 Å². The van der Waals surface area contributed by atoms with Crippen LogP contribution in [0.5, 0.6) is 0 Å². The van der Waals surface area contributed by atoms with E-state index in [4.69, 9.17) is 4.84 Å². The number of benzene rings is 1.